The van der Waals surface area contributed by atoms with Gasteiger partial charge in [-0.3, -0.25) is 14.2 Å². The molecule has 0 unspecified atom stereocenters. The molecule has 1 aliphatic rings. The summed E-state index contributed by atoms with van der Waals surface area (Å²) in [7, 11) is 0. The number of rotatable bonds is 4. The van der Waals surface area contributed by atoms with Crippen LogP contribution in [0.4, 0.5) is 5.95 Å². The van der Waals surface area contributed by atoms with Crippen molar-refractivity contribution in [3.63, 3.8) is 0 Å². The Morgan fingerprint density at radius 1 is 1.45 bits per heavy atom. The lowest BCUT2D eigenvalue weighted by atomic mass is 10.2. The number of aromatic nitrogens is 3. The first-order valence-electron chi connectivity index (χ1n) is 6.53. The second-order valence-corrected chi connectivity index (χ2v) is 6.14. The van der Waals surface area contributed by atoms with Gasteiger partial charge in [-0.05, 0) is 0 Å². The molecule has 9 nitrogen and oxygen atoms in total. The summed E-state index contributed by atoms with van der Waals surface area (Å²) in [6.45, 7) is 2.70. The van der Waals surface area contributed by atoms with Crippen LogP contribution in [0, 0.1) is 0 Å². The summed E-state index contributed by atoms with van der Waals surface area (Å²) in [5.74, 6) is -0.948. The lowest BCUT2D eigenvalue weighted by molar-refractivity contribution is -0.148. The Hall–Kier alpha value is -2.10. The standard InChI is InChI=1S/C12H16N4O5S/c1-6(17)20-4-9-8(21-7(2)18)3-10(22-9)16-5-14-11(13)15-12(16)19/h5,8-10H,3-4H2,1-2H3,(H2,13,15,19)/t8-,9-,10+/m0/s1. The van der Waals surface area contributed by atoms with Crippen molar-refractivity contribution >= 4 is 29.6 Å². The zero-order valence-corrected chi connectivity index (χ0v) is 12.9. The third-order valence-corrected chi connectivity index (χ3v) is 4.53. The summed E-state index contributed by atoms with van der Waals surface area (Å²) in [5, 5.41) is -0.583. The first-order chi connectivity index (χ1) is 10.4. The third-order valence-electron chi connectivity index (χ3n) is 3.00. The third kappa shape index (κ3) is 3.97. The highest BCUT2D eigenvalue weighted by Gasteiger charge is 2.39. The minimum atomic E-state index is -0.528. The molecule has 0 aromatic carbocycles. The number of hydrogen-bond donors (Lipinski definition) is 1. The van der Waals surface area contributed by atoms with E-state index in [0.29, 0.717) is 6.42 Å². The highest BCUT2D eigenvalue weighted by molar-refractivity contribution is 8.00. The van der Waals surface area contributed by atoms with Gasteiger partial charge in [0.05, 0.1) is 10.6 Å². The van der Waals surface area contributed by atoms with Crippen molar-refractivity contribution in [3.8, 4) is 0 Å². The molecule has 1 fully saturated rings. The van der Waals surface area contributed by atoms with E-state index in [0.717, 1.165) is 0 Å². The molecule has 2 rings (SSSR count). The maximum atomic E-state index is 11.9. The zero-order chi connectivity index (χ0) is 16.3. The fourth-order valence-electron chi connectivity index (χ4n) is 2.11. The van der Waals surface area contributed by atoms with Crippen LogP contribution < -0.4 is 11.4 Å². The van der Waals surface area contributed by atoms with E-state index in [2.05, 4.69) is 9.97 Å². The number of anilines is 1. The Morgan fingerprint density at radius 3 is 2.77 bits per heavy atom. The number of esters is 2. The van der Waals surface area contributed by atoms with Crippen LogP contribution in [0.3, 0.4) is 0 Å². The quantitative estimate of drug-likeness (QED) is 0.742. The molecule has 0 bridgehead atoms. The molecule has 1 saturated heterocycles. The monoisotopic (exact) mass is 328 g/mol. The molecular formula is C12H16N4O5S. The number of thioether (sulfide) groups is 1. The number of nitrogen functional groups attached to an aromatic ring is 1. The first kappa shape index (κ1) is 16.3. The van der Waals surface area contributed by atoms with Crippen molar-refractivity contribution in [2.45, 2.75) is 37.0 Å². The van der Waals surface area contributed by atoms with Crippen molar-refractivity contribution in [2.75, 3.05) is 12.3 Å². The van der Waals surface area contributed by atoms with Gasteiger partial charge in [0.15, 0.2) is 0 Å². The second kappa shape index (κ2) is 6.77. The summed E-state index contributed by atoms with van der Waals surface area (Å²) >= 11 is 1.36. The summed E-state index contributed by atoms with van der Waals surface area (Å²) in [6.07, 6.45) is 1.24. The topological polar surface area (TPSA) is 126 Å². The predicted octanol–water partition coefficient (Wildman–Crippen LogP) is -0.281. The highest BCUT2D eigenvalue weighted by atomic mass is 32.2. The zero-order valence-electron chi connectivity index (χ0n) is 12.1. The van der Waals surface area contributed by atoms with Crippen LogP contribution in [-0.2, 0) is 19.1 Å². The molecule has 120 valence electrons. The van der Waals surface area contributed by atoms with Gasteiger partial charge in [0.1, 0.15) is 19.0 Å². The van der Waals surface area contributed by atoms with E-state index in [1.165, 1.54) is 36.5 Å². The summed E-state index contributed by atoms with van der Waals surface area (Å²) in [6, 6.07) is 0. The van der Waals surface area contributed by atoms with Crippen LogP contribution >= 0.6 is 11.8 Å². The lowest BCUT2D eigenvalue weighted by Gasteiger charge is -2.17. The van der Waals surface area contributed by atoms with Crippen molar-refractivity contribution in [1.29, 1.82) is 0 Å². The number of hydrogen-bond acceptors (Lipinski definition) is 9. The maximum absolute atomic E-state index is 11.9. The molecule has 22 heavy (non-hydrogen) atoms. The first-order valence-corrected chi connectivity index (χ1v) is 7.47. The van der Waals surface area contributed by atoms with Crippen molar-refractivity contribution in [1.82, 2.24) is 14.5 Å². The molecule has 0 radical (unpaired) electrons. The minimum absolute atomic E-state index is 0.0963. The molecule has 10 heteroatoms. The fraction of sp³-hybridized carbons (Fsp3) is 0.583. The number of ether oxygens (including phenoxy) is 2. The number of carbonyl (C=O) groups excluding carboxylic acids is 2. The Balaban J connectivity index is 2.15. The van der Waals surface area contributed by atoms with Crippen molar-refractivity contribution in [2.24, 2.45) is 0 Å². The van der Waals surface area contributed by atoms with Gasteiger partial charge in [0.2, 0.25) is 5.95 Å². The second-order valence-electron chi connectivity index (χ2n) is 4.72. The van der Waals surface area contributed by atoms with E-state index in [4.69, 9.17) is 15.2 Å². The van der Waals surface area contributed by atoms with Gasteiger partial charge < -0.3 is 15.2 Å². The van der Waals surface area contributed by atoms with Crippen LogP contribution in [0.5, 0.6) is 0 Å². The van der Waals surface area contributed by atoms with E-state index in [9.17, 15) is 14.4 Å². The normalized spacial score (nSPS) is 24.0. The molecule has 0 amide bonds. The van der Waals surface area contributed by atoms with Gasteiger partial charge in [0, 0.05) is 20.3 Å². The smallest absolute Gasteiger partial charge is 0.353 e. The Bertz CT molecular complexity index is 634. The van der Waals surface area contributed by atoms with E-state index in [1.54, 1.807) is 0 Å². The number of carbonyl (C=O) groups is 2. The molecule has 1 aliphatic heterocycles. The Kier molecular flexibility index (Phi) is 5.01. The summed E-state index contributed by atoms with van der Waals surface area (Å²) in [4.78, 5) is 41.4. The van der Waals surface area contributed by atoms with E-state index < -0.39 is 23.7 Å². The van der Waals surface area contributed by atoms with Crippen LogP contribution in [0.25, 0.3) is 0 Å². The van der Waals surface area contributed by atoms with Crippen LogP contribution in [0.1, 0.15) is 25.6 Å². The van der Waals surface area contributed by atoms with Gasteiger partial charge in [0.25, 0.3) is 0 Å². The average Bonchev–Trinajstić information content (AvgIpc) is 2.78. The average molecular weight is 328 g/mol. The van der Waals surface area contributed by atoms with Crippen molar-refractivity contribution < 1.29 is 19.1 Å². The molecule has 2 N–H and O–H groups in total. The van der Waals surface area contributed by atoms with E-state index in [1.807, 2.05) is 0 Å². The molecule has 3 atom stereocenters. The van der Waals surface area contributed by atoms with E-state index in [-0.39, 0.29) is 23.2 Å². The molecular weight excluding hydrogens is 312 g/mol. The molecule has 1 aromatic rings. The van der Waals surface area contributed by atoms with Gasteiger partial charge in [-0.25, -0.2) is 9.78 Å². The largest absolute Gasteiger partial charge is 0.465 e. The molecule has 0 saturated carbocycles. The fourth-order valence-corrected chi connectivity index (χ4v) is 3.58. The molecule has 2 heterocycles. The van der Waals surface area contributed by atoms with Gasteiger partial charge in [-0.2, -0.15) is 4.98 Å². The Morgan fingerprint density at radius 2 is 2.18 bits per heavy atom. The summed E-state index contributed by atoms with van der Waals surface area (Å²) in [5.41, 5.74) is 4.83. The summed E-state index contributed by atoms with van der Waals surface area (Å²) < 4.78 is 11.5. The van der Waals surface area contributed by atoms with Crippen molar-refractivity contribution in [3.05, 3.63) is 16.8 Å². The minimum Gasteiger partial charge on any atom is -0.465 e. The number of nitrogens with two attached hydrogens (primary N) is 1. The molecule has 0 aliphatic carbocycles. The van der Waals surface area contributed by atoms with Gasteiger partial charge in [-0.1, -0.05) is 0 Å². The predicted molar refractivity (Wildman–Crippen MR) is 77.9 cm³/mol. The highest BCUT2D eigenvalue weighted by Crippen LogP contribution is 2.42. The number of nitrogens with zero attached hydrogens (tertiary/aromatic N) is 3. The van der Waals surface area contributed by atoms with Crippen LogP contribution in [0.15, 0.2) is 11.1 Å². The van der Waals surface area contributed by atoms with Crippen LogP contribution in [0.2, 0.25) is 0 Å². The SMILES string of the molecule is CC(=O)OC[C@@H]1S[C@@H](n2cnc(N)nc2=O)C[C@@H]1OC(C)=O. The van der Waals surface area contributed by atoms with Crippen LogP contribution in [-0.4, -0.2) is 44.4 Å². The van der Waals surface area contributed by atoms with Gasteiger partial charge >= 0.3 is 17.6 Å². The molecule has 0 spiro atoms. The molecule has 1 aromatic heterocycles. The Labute approximate surface area is 130 Å². The maximum Gasteiger partial charge on any atom is 0.353 e. The van der Waals surface area contributed by atoms with Gasteiger partial charge in [-0.15, -0.1) is 11.8 Å². The lowest BCUT2D eigenvalue weighted by Crippen LogP contribution is -2.29. The van der Waals surface area contributed by atoms with E-state index >= 15 is 0 Å².